The predicted octanol–water partition coefficient (Wildman–Crippen LogP) is 0.576. The highest BCUT2D eigenvalue weighted by Gasteiger charge is 2.06. The van der Waals surface area contributed by atoms with Crippen molar-refractivity contribution in [3.05, 3.63) is 29.6 Å². The van der Waals surface area contributed by atoms with E-state index in [0.29, 0.717) is 0 Å². The van der Waals surface area contributed by atoms with Crippen molar-refractivity contribution in [2.24, 2.45) is 0 Å². The summed E-state index contributed by atoms with van der Waals surface area (Å²) in [7, 11) is 0. The Bertz CT molecular complexity index is 369. The van der Waals surface area contributed by atoms with Gasteiger partial charge >= 0.3 is 0 Å². The summed E-state index contributed by atoms with van der Waals surface area (Å²) >= 11 is 0. The van der Waals surface area contributed by atoms with Crippen molar-refractivity contribution < 1.29 is 0 Å². The van der Waals surface area contributed by atoms with E-state index in [0.717, 1.165) is 70.3 Å². The van der Waals surface area contributed by atoms with Gasteiger partial charge in [-0.05, 0) is 25.1 Å². The van der Waals surface area contributed by atoms with Crippen LogP contribution in [0.25, 0.3) is 0 Å². The summed E-state index contributed by atoms with van der Waals surface area (Å²) in [5, 5.41) is 10.5. The Kier molecular flexibility index (Phi) is 7.67. The first-order chi connectivity index (χ1) is 10.4. The highest BCUT2D eigenvalue weighted by Crippen LogP contribution is 2.00. The molecule has 21 heavy (non-hydrogen) atoms. The van der Waals surface area contributed by atoms with Crippen LogP contribution in [-0.4, -0.2) is 55.7 Å². The van der Waals surface area contributed by atoms with E-state index in [1.54, 1.807) is 0 Å². The highest BCUT2D eigenvalue weighted by atomic mass is 15.2. The van der Waals surface area contributed by atoms with Gasteiger partial charge in [-0.3, -0.25) is 9.88 Å². The van der Waals surface area contributed by atoms with Crippen molar-refractivity contribution in [3.63, 3.8) is 0 Å². The van der Waals surface area contributed by atoms with Crippen molar-refractivity contribution in [3.8, 4) is 0 Å². The van der Waals surface area contributed by atoms with Crippen LogP contribution in [0.15, 0.2) is 18.2 Å². The molecule has 0 atom stereocenters. The van der Waals surface area contributed by atoms with Crippen LogP contribution < -0.4 is 16.0 Å². The molecule has 3 N–H and O–H groups in total. The van der Waals surface area contributed by atoms with Crippen LogP contribution in [0.4, 0.5) is 0 Å². The second-order valence-electron chi connectivity index (χ2n) is 5.57. The van der Waals surface area contributed by atoms with Gasteiger partial charge in [-0.1, -0.05) is 13.0 Å². The Morgan fingerprint density at radius 2 is 1.76 bits per heavy atom. The molecule has 0 aromatic carbocycles. The topological polar surface area (TPSA) is 52.2 Å². The van der Waals surface area contributed by atoms with Crippen molar-refractivity contribution in [2.45, 2.75) is 26.4 Å². The summed E-state index contributed by atoms with van der Waals surface area (Å²) in [5.74, 6) is 0. The molecule has 2 rings (SSSR count). The molecule has 0 radical (unpaired) electrons. The first-order valence-electron chi connectivity index (χ1n) is 8.18. The average Bonchev–Trinajstić information content (AvgIpc) is 2.50. The summed E-state index contributed by atoms with van der Waals surface area (Å²) in [6.45, 7) is 11.4. The van der Waals surface area contributed by atoms with Crippen LogP contribution in [0.3, 0.4) is 0 Å². The van der Waals surface area contributed by atoms with E-state index in [1.807, 2.05) is 0 Å². The minimum Gasteiger partial charge on any atom is -0.315 e. The minimum absolute atomic E-state index is 0.857. The monoisotopic (exact) mass is 291 g/mol. The molecule has 1 aliphatic rings. The highest BCUT2D eigenvalue weighted by molar-refractivity contribution is 5.11. The number of nitrogens with one attached hydrogen (secondary N) is 3. The van der Waals surface area contributed by atoms with E-state index in [-0.39, 0.29) is 0 Å². The Morgan fingerprint density at radius 3 is 2.38 bits per heavy atom. The molecule has 5 heteroatoms. The second kappa shape index (κ2) is 9.84. The third-order valence-electron chi connectivity index (χ3n) is 3.72. The van der Waals surface area contributed by atoms with Crippen molar-refractivity contribution in [2.75, 3.05) is 45.8 Å². The molecule has 0 unspecified atom stereocenters. The first kappa shape index (κ1) is 16.4. The van der Waals surface area contributed by atoms with Gasteiger partial charge in [0.2, 0.25) is 0 Å². The maximum Gasteiger partial charge on any atom is 0.0545 e. The van der Waals surface area contributed by atoms with E-state index in [4.69, 9.17) is 0 Å². The van der Waals surface area contributed by atoms with Crippen LogP contribution in [-0.2, 0) is 13.1 Å². The number of fused-ring (bicyclic) bond motifs is 2. The van der Waals surface area contributed by atoms with Gasteiger partial charge in [0.25, 0.3) is 0 Å². The zero-order chi connectivity index (χ0) is 14.8. The summed E-state index contributed by atoms with van der Waals surface area (Å²) in [6.07, 6.45) is 1.20. The lowest BCUT2D eigenvalue weighted by molar-refractivity contribution is 0.270. The van der Waals surface area contributed by atoms with Gasteiger partial charge < -0.3 is 16.0 Å². The number of rotatable bonds is 5. The standard InChI is InChI=1S/C16H29N5/c1-2-6-17-7-10-21-11-8-18-13-15-4-3-5-16(20-15)14-19-9-12-21/h3-5,17-19H,2,6-14H2,1H3. The molecule has 0 aliphatic carbocycles. The third kappa shape index (κ3) is 6.52. The SMILES string of the molecule is CCCNCCN1CCNCc2cccc(n2)CNCC1. The van der Waals surface area contributed by atoms with Gasteiger partial charge in [0.1, 0.15) is 0 Å². The normalized spacial score (nSPS) is 18.0. The largest absolute Gasteiger partial charge is 0.315 e. The Labute approximate surface area is 128 Å². The fourth-order valence-electron chi connectivity index (χ4n) is 2.51. The van der Waals surface area contributed by atoms with Gasteiger partial charge in [-0.2, -0.15) is 0 Å². The summed E-state index contributed by atoms with van der Waals surface area (Å²) in [5.41, 5.74) is 2.26. The van der Waals surface area contributed by atoms with Gasteiger partial charge in [0, 0.05) is 52.4 Å². The molecule has 1 aromatic rings. The minimum atomic E-state index is 0.857. The lowest BCUT2D eigenvalue weighted by Gasteiger charge is -2.23. The van der Waals surface area contributed by atoms with E-state index in [9.17, 15) is 0 Å². The second-order valence-corrected chi connectivity index (χ2v) is 5.57. The van der Waals surface area contributed by atoms with E-state index in [2.05, 4.69) is 51.0 Å². The predicted molar refractivity (Wildman–Crippen MR) is 87.3 cm³/mol. The molecule has 1 aliphatic heterocycles. The number of aromatic nitrogens is 1. The summed E-state index contributed by atoms with van der Waals surface area (Å²) < 4.78 is 0. The Balaban J connectivity index is 1.79. The molecular weight excluding hydrogens is 262 g/mol. The smallest absolute Gasteiger partial charge is 0.0545 e. The molecule has 118 valence electrons. The van der Waals surface area contributed by atoms with Crippen molar-refractivity contribution in [1.29, 1.82) is 0 Å². The summed E-state index contributed by atoms with van der Waals surface area (Å²) in [4.78, 5) is 7.17. The van der Waals surface area contributed by atoms with Crippen LogP contribution in [0.2, 0.25) is 0 Å². The lowest BCUT2D eigenvalue weighted by Crippen LogP contribution is -2.40. The molecule has 0 saturated carbocycles. The molecule has 2 bridgehead atoms. The maximum absolute atomic E-state index is 4.65. The lowest BCUT2D eigenvalue weighted by atomic mass is 10.3. The van der Waals surface area contributed by atoms with Crippen LogP contribution >= 0.6 is 0 Å². The molecule has 5 nitrogen and oxygen atoms in total. The molecule has 0 spiro atoms. The zero-order valence-electron chi connectivity index (χ0n) is 13.2. The van der Waals surface area contributed by atoms with E-state index < -0.39 is 0 Å². The fraction of sp³-hybridized carbons (Fsp3) is 0.688. The number of nitrogens with zero attached hydrogens (tertiary/aromatic N) is 2. The average molecular weight is 291 g/mol. The van der Waals surface area contributed by atoms with Gasteiger partial charge in [0.15, 0.2) is 0 Å². The zero-order valence-corrected chi connectivity index (χ0v) is 13.2. The molecule has 0 fully saturated rings. The number of pyridine rings is 1. The van der Waals surface area contributed by atoms with Crippen molar-refractivity contribution >= 4 is 0 Å². The van der Waals surface area contributed by atoms with Crippen molar-refractivity contribution in [1.82, 2.24) is 25.8 Å². The number of hydrogen-bond donors (Lipinski definition) is 3. The van der Waals surface area contributed by atoms with Crippen LogP contribution in [0.5, 0.6) is 0 Å². The van der Waals surface area contributed by atoms with Gasteiger partial charge in [-0.25, -0.2) is 0 Å². The van der Waals surface area contributed by atoms with Crippen LogP contribution in [0.1, 0.15) is 24.7 Å². The molecule has 1 aromatic heterocycles. The van der Waals surface area contributed by atoms with E-state index >= 15 is 0 Å². The molecule has 2 heterocycles. The maximum atomic E-state index is 4.65. The molecule has 0 saturated heterocycles. The molecular formula is C16H29N5. The van der Waals surface area contributed by atoms with E-state index in [1.165, 1.54) is 6.42 Å². The quantitative estimate of drug-likeness (QED) is 0.693. The Hall–Kier alpha value is -1.01. The third-order valence-corrected chi connectivity index (χ3v) is 3.72. The van der Waals surface area contributed by atoms with Crippen LogP contribution in [0, 0.1) is 0 Å². The Morgan fingerprint density at radius 1 is 1.10 bits per heavy atom. The first-order valence-corrected chi connectivity index (χ1v) is 8.18. The summed E-state index contributed by atoms with van der Waals surface area (Å²) in [6, 6.07) is 6.28. The fourth-order valence-corrected chi connectivity index (χ4v) is 2.51. The molecule has 0 amide bonds. The van der Waals surface area contributed by atoms with Gasteiger partial charge in [-0.15, -0.1) is 0 Å². The number of hydrogen-bond acceptors (Lipinski definition) is 5. The van der Waals surface area contributed by atoms with Gasteiger partial charge in [0.05, 0.1) is 11.4 Å².